The highest BCUT2D eigenvalue weighted by molar-refractivity contribution is 7.90. The maximum Gasteiger partial charge on any atom is 0.179 e. The highest BCUT2D eigenvalue weighted by Gasteiger charge is 2.22. The first-order valence-electron chi connectivity index (χ1n) is 9.11. The van der Waals surface area contributed by atoms with E-state index in [4.69, 9.17) is 0 Å². The molecule has 26 heavy (non-hydrogen) atoms. The predicted octanol–water partition coefficient (Wildman–Crippen LogP) is 1.80. The number of anilines is 1. The summed E-state index contributed by atoms with van der Waals surface area (Å²) in [6, 6.07) is 3.32. The summed E-state index contributed by atoms with van der Waals surface area (Å²) in [6.45, 7) is 7.40. The van der Waals surface area contributed by atoms with Crippen LogP contribution in [0.2, 0.25) is 0 Å². The molecule has 1 aliphatic heterocycles. The maximum atomic E-state index is 12.1. The molecule has 3 rings (SSSR count). The summed E-state index contributed by atoms with van der Waals surface area (Å²) in [4.78, 5) is 9.17. The summed E-state index contributed by atoms with van der Waals surface area (Å²) in [7, 11) is -3.29. The minimum atomic E-state index is -3.29. The van der Waals surface area contributed by atoms with E-state index in [0.717, 1.165) is 52.1 Å². The molecule has 3 heterocycles. The van der Waals surface area contributed by atoms with E-state index in [-0.39, 0.29) is 0 Å². The number of hydrogen-bond acceptors (Lipinski definition) is 6. The molecule has 7 nitrogen and oxygen atoms in total. The highest BCUT2D eigenvalue weighted by atomic mass is 32.2. The van der Waals surface area contributed by atoms with Crippen molar-refractivity contribution in [2.45, 2.75) is 37.8 Å². The van der Waals surface area contributed by atoms with Gasteiger partial charge in [0.05, 0.1) is 6.20 Å². The van der Waals surface area contributed by atoms with E-state index < -0.39 is 9.84 Å². The van der Waals surface area contributed by atoms with Gasteiger partial charge in [-0.15, -0.1) is 0 Å². The van der Waals surface area contributed by atoms with Crippen molar-refractivity contribution in [3.63, 3.8) is 0 Å². The lowest BCUT2D eigenvalue weighted by Gasteiger charge is -2.24. The van der Waals surface area contributed by atoms with Crippen molar-refractivity contribution in [1.82, 2.24) is 19.7 Å². The van der Waals surface area contributed by atoms with E-state index in [1.54, 1.807) is 18.3 Å². The lowest BCUT2D eigenvalue weighted by atomic mass is 10.3. The van der Waals surface area contributed by atoms with Gasteiger partial charge < -0.3 is 4.90 Å². The molecule has 0 saturated carbocycles. The van der Waals surface area contributed by atoms with Gasteiger partial charge in [-0.05, 0) is 25.0 Å². The quantitative estimate of drug-likeness (QED) is 0.764. The fourth-order valence-corrected chi connectivity index (χ4v) is 4.19. The minimum absolute atomic E-state index is 0.314. The first kappa shape index (κ1) is 18.8. The Balaban J connectivity index is 1.67. The average Bonchev–Trinajstić information content (AvgIpc) is 2.90. The van der Waals surface area contributed by atoms with Crippen LogP contribution in [-0.4, -0.2) is 60.5 Å². The highest BCUT2D eigenvalue weighted by Crippen LogP contribution is 2.23. The maximum absolute atomic E-state index is 12.1. The summed E-state index contributed by atoms with van der Waals surface area (Å²) >= 11 is 0. The zero-order valence-corrected chi connectivity index (χ0v) is 16.3. The Morgan fingerprint density at radius 3 is 2.81 bits per heavy atom. The Morgan fingerprint density at radius 2 is 2.04 bits per heavy atom. The molecule has 0 spiro atoms. The Labute approximate surface area is 155 Å². The zero-order chi connectivity index (χ0) is 18.6. The van der Waals surface area contributed by atoms with Crippen molar-refractivity contribution < 1.29 is 8.42 Å². The number of sulfone groups is 1. The summed E-state index contributed by atoms with van der Waals surface area (Å²) in [5, 5.41) is 4.40. The standard InChI is InChI=1S/C18H27N5O2S/c1-3-8-23-15-16(13-20-23)14-21-9-5-10-22(12-11-21)18-17(26(2,24)25)6-4-7-19-18/h4,6-7,13,15H,3,5,8-12,14H2,1-2H3. The number of nitrogens with zero attached hydrogens (tertiary/aromatic N) is 5. The van der Waals surface area contributed by atoms with Crippen LogP contribution in [0.1, 0.15) is 25.3 Å². The second kappa shape index (κ2) is 8.18. The molecular formula is C18H27N5O2S. The average molecular weight is 378 g/mol. The summed E-state index contributed by atoms with van der Waals surface area (Å²) < 4.78 is 26.1. The van der Waals surface area contributed by atoms with Crippen LogP contribution in [0.5, 0.6) is 0 Å². The van der Waals surface area contributed by atoms with Gasteiger partial charge in [0.2, 0.25) is 0 Å². The van der Waals surface area contributed by atoms with Gasteiger partial charge >= 0.3 is 0 Å². The van der Waals surface area contributed by atoms with Crippen LogP contribution in [0.15, 0.2) is 35.6 Å². The van der Waals surface area contributed by atoms with Gasteiger partial charge in [-0.25, -0.2) is 13.4 Å². The van der Waals surface area contributed by atoms with E-state index >= 15 is 0 Å². The van der Waals surface area contributed by atoms with Gasteiger partial charge in [-0.1, -0.05) is 6.92 Å². The molecule has 2 aromatic rings. The number of hydrogen-bond donors (Lipinski definition) is 0. The van der Waals surface area contributed by atoms with Crippen LogP contribution in [0.3, 0.4) is 0 Å². The van der Waals surface area contributed by atoms with Gasteiger partial charge in [0.25, 0.3) is 0 Å². The molecule has 142 valence electrons. The van der Waals surface area contributed by atoms with Crippen molar-refractivity contribution in [3.05, 3.63) is 36.3 Å². The molecule has 0 aliphatic carbocycles. The van der Waals surface area contributed by atoms with Gasteiger partial charge in [0, 0.05) is 63.5 Å². The Kier molecular flexibility index (Phi) is 5.93. The lowest BCUT2D eigenvalue weighted by Crippen LogP contribution is -2.31. The monoisotopic (exact) mass is 377 g/mol. The molecule has 2 aromatic heterocycles. The molecule has 0 N–H and O–H groups in total. The Hall–Kier alpha value is -1.93. The molecule has 8 heteroatoms. The largest absolute Gasteiger partial charge is 0.354 e. The van der Waals surface area contributed by atoms with Gasteiger partial charge in [-0.3, -0.25) is 9.58 Å². The van der Waals surface area contributed by atoms with Crippen LogP contribution in [-0.2, 0) is 22.9 Å². The Morgan fingerprint density at radius 1 is 1.19 bits per heavy atom. The molecule has 1 aliphatic rings. The smallest absolute Gasteiger partial charge is 0.179 e. The van der Waals surface area contributed by atoms with Gasteiger partial charge in [-0.2, -0.15) is 5.10 Å². The molecular weight excluding hydrogens is 350 g/mol. The number of aromatic nitrogens is 3. The molecule has 1 saturated heterocycles. The lowest BCUT2D eigenvalue weighted by molar-refractivity contribution is 0.285. The third-order valence-corrected chi connectivity index (χ3v) is 5.70. The van der Waals surface area contributed by atoms with Crippen LogP contribution >= 0.6 is 0 Å². The summed E-state index contributed by atoms with van der Waals surface area (Å²) in [5.74, 6) is 0.576. The first-order valence-corrected chi connectivity index (χ1v) is 11.0. The van der Waals surface area contributed by atoms with Crippen LogP contribution in [0, 0.1) is 0 Å². The van der Waals surface area contributed by atoms with E-state index in [2.05, 4.69) is 33.0 Å². The van der Waals surface area contributed by atoms with Crippen molar-refractivity contribution in [1.29, 1.82) is 0 Å². The molecule has 0 unspecified atom stereocenters. The summed E-state index contributed by atoms with van der Waals surface area (Å²) in [6.07, 6.45) is 9.02. The SMILES string of the molecule is CCCn1cc(CN2CCCN(c3ncccc3S(C)(=O)=O)CC2)cn1. The first-order chi connectivity index (χ1) is 12.5. The third kappa shape index (κ3) is 4.62. The molecule has 0 amide bonds. The minimum Gasteiger partial charge on any atom is -0.354 e. The number of rotatable bonds is 6. The van der Waals surface area contributed by atoms with Crippen LogP contribution in [0.25, 0.3) is 0 Å². The van der Waals surface area contributed by atoms with E-state index in [1.165, 1.54) is 11.8 Å². The number of pyridine rings is 1. The predicted molar refractivity (Wildman–Crippen MR) is 102 cm³/mol. The normalized spacial score (nSPS) is 16.6. The molecule has 1 fully saturated rings. The van der Waals surface area contributed by atoms with Crippen molar-refractivity contribution in [2.75, 3.05) is 37.3 Å². The summed E-state index contributed by atoms with van der Waals surface area (Å²) in [5.41, 5.74) is 1.22. The van der Waals surface area contributed by atoms with Crippen LogP contribution in [0.4, 0.5) is 5.82 Å². The van der Waals surface area contributed by atoms with E-state index in [9.17, 15) is 8.42 Å². The van der Waals surface area contributed by atoms with Crippen LogP contribution < -0.4 is 4.90 Å². The van der Waals surface area contributed by atoms with E-state index in [0.29, 0.717) is 10.7 Å². The van der Waals surface area contributed by atoms with Crippen molar-refractivity contribution in [3.8, 4) is 0 Å². The van der Waals surface area contributed by atoms with Gasteiger partial charge in [0.15, 0.2) is 9.84 Å². The molecule has 0 aromatic carbocycles. The van der Waals surface area contributed by atoms with Gasteiger partial charge in [0.1, 0.15) is 10.7 Å². The Bertz CT molecular complexity index is 834. The fraction of sp³-hybridized carbons (Fsp3) is 0.556. The zero-order valence-electron chi connectivity index (χ0n) is 15.5. The third-order valence-electron chi connectivity index (χ3n) is 4.58. The molecule has 0 atom stereocenters. The second-order valence-corrected chi connectivity index (χ2v) is 8.81. The van der Waals surface area contributed by atoms with E-state index in [1.807, 2.05) is 10.9 Å². The molecule has 0 bridgehead atoms. The van der Waals surface area contributed by atoms with Crippen molar-refractivity contribution in [2.24, 2.45) is 0 Å². The topological polar surface area (TPSA) is 71.3 Å². The second-order valence-electron chi connectivity index (χ2n) is 6.83. The van der Waals surface area contributed by atoms with Crippen molar-refractivity contribution >= 4 is 15.7 Å². The number of aryl methyl sites for hydroxylation is 1. The molecule has 0 radical (unpaired) electrons. The fourth-order valence-electron chi connectivity index (χ4n) is 3.35.